The van der Waals surface area contributed by atoms with Gasteiger partial charge in [0.25, 0.3) is 0 Å². The first-order valence-electron chi connectivity index (χ1n) is 6.51. The number of anilines is 2. The number of nitrogen functional groups attached to an aromatic ring is 1. The predicted molar refractivity (Wildman–Crippen MR) is 72.7 cm³/mol. The average Bonchev–Trinajstić information content (AvgIpc) is 2.64. The van der Waals surface area contributed by atoms with Gasteiger partial charge in [0.15, 0.2) is 5.82 Å². The molecule has 0 aromatic carbocycles. The Hall–Kier alpha value is -1.52. The number of ether oxygens (including phenoxy) is 1. The molecule has 0 aliphatic heterocycles. The molecule has 2 rings (SSSR count). The first kappa shape index (κ1) is 12.9. The summed E-state index contributed by atoms with van der Waals surface area (Å²) in [6.07, 6.45) is 5.01. The smallest absolute Gasteiger partial charge is 0.242 e. The van der Waals surface area contributed by atoms with Crippen LogP contribution in [0.1, 0.15) is 40.0 Å². The minimum atomic E-state index is 0.405. The van der Waals surface area contributed by atoms with E-state index in [0.717, 1.165) is 12.8 Å². The van der Waals surface area contributed by atoms with Gasteiger partial charge in [-0.3, -0.25) is 0 Å². The number of hydrogen-bond donors (Lipinski definition) is 2. The molecule has 1 aromatic rings. The van der Waals surface area contributed by atoms with Crippen molar-refractivity contribution in [1.82, 2.24) is 9.97 Å². The van der Waals surface area contributed by atoms with E-state index in [1.807, 2.05) is 6.92 Å². The fraction of sp³-hybridized carbons (Fsp3) is 0.692. The summed E-state index contributed by atoms with van der Waals surface area (Å²) >= 11 is 0. The minimum absolute atomic E-state index is 0.405. The van der Waals surface area contributed by atoms with Crippen LogP contribution in [0, 0.1) is 5.41 Å². The average molecular weight is 250 g/mol. The van der Waals surface area contributed by atoms with Crippen LogP contribution in [0.5, 0.6) is 5.88 Å². The summed E-state index contributed by atoms with van der Waals surface area (Å²) in [7, 11) is 0. The molecule has 0 radical (unpaired) electrons. The molecule has 5 heteroatoms. The fourth-order valence-corrected chi connectivity index (χ4v) is 2.50. The number of aromatic nitrogens is 2. The van der Waals surface area contributed by atoms with Crippen LogP contribution >= 0.6 is 0 Å². The summed E-state index contributed by atoms with van der Waals surface area (Å²) in [5.41, 5.74) is 6.91. The van der Waals surface area contributed by atoms with Crippen molar-refractivity contribution in [3.63, 3.8) is 0 Å². The molecule has 1 atom stereocenters. The summed E-state index contributed by atoms with van der Waals surface area (Å²) in [5.74, 6) is 1.16. The Morgan fingerprint density at radius 1 is 1.50 bits per heavy atom. The fourth-order valence-electron chi connectivity index (χ4n) is 2.50. The topological polar surface area (TPSA) is 73.1 Å². The van der Waals surface area contributed by atoms with Gasteiger partial charge in [-0.05, 0) is 31.6 Å². The normalized spacial score (nSPS) is 21.8. The van der Waals surface area contributed by atoms with Crippen LogP contribution in [0.15, 0.2) is 6.33 Å². The molecule has 1 fully saturated rings. The molecule has 100 valence electrons. The van der Waals surface area contributed by atoms with Crippen LogP contribution in [-0.4, -0.2) is 22.6 Å². The van der Waals surface area contributed by atoms with Gasteiger partial charge in [-0.2, -0.15) is 4.98 Å². The molecule has 1 aliphatic rings. The predicted octanol–water partition coefficient (Wildman–Crippen LogP) is 2.45. The molecule has 0 spiro atoms. The number of rotatable bonds is 4. The first-order chi connectivity index (χ1) is 8.52. The Morgan fingerprint density at radius 3 is 2.89 bits per heavy atom. The van der Waals surface area contributed by atoms with Gasteiger partial charge in [-0.25, -0.2) is 4.98 Å². The number of nitrogens with zero attached hydrogens (tertiary/aromatic N) is 2. The lowest BCUT2D eigenvalue weighted by atomic mass is 9.92. The summed E-state index contributed by atoms with van der Waals surface area (Å²) in [4.78, 5) is 8.24. The molecule has 0 amide bonds. The summed E-state index contributed by atoms with van der Waals surface area (Å²) in [6, 6.07) is 0.437. The van der Waals surface area contributed by atoms with E-state index in [0.29, 0.717) is 35.4 Å². The number of nitrogens with two attached hydrogens (primary N) is 1. The van der Waals surface area contributed by atoms with Crippen LogP contribution < -0.4 is 15.8 Å². The summed E-state index contributed by atoms with van der Waals surface area (Å²) in [5, 5.41) is 3.41. The second-order valence-electron chi connectivity index (χ2n) is 5.62. The molecule has 1 aliphatic carbocycles. The van der Waals surface area contributed by atoms with Crippen molar-refractivity contribution in [2.24, 2.45) is 5.41 Å². The molecule has 1 unspecified atom stereocenters. The Bertz CT molecular complexity index is 419. The highest BCUT2D eigenvalue weighted by molar-refractivity contribution is 5.66. The molecule has 3 N–H and O–H groups in total. The molecule has 0 bridgehead atoms. The van der Waals surface area contributed by atoms with Crippen molar-refractivity contribution in [3.8, 4) is 5.88 Å². The van der Waals surface area contributed by atoms with Gasteiger partial charge in [-0.15, -0.1) is 0 Å². The monoisotopic (exact) mass is 250 g/mol. The van der Waals surface area contributed by atoms with Crippen LogP contribution in [-0.2, 0) is 0 Å². The van der Waals surface area contributed by atoms with E-state index in [1.165, 1.54) is 12.7 Å². The maximum absolute atomic E-state index is 6.00. The van der Waals surface area contributed by atoms with Crippen LogP contribution in [0.25, 0.3) is 0 Å². The largest absolute Gasteiger partial charge is 0.476 e. The molecule has 18 heavy (non-hydrogen) atoms. The molecule has 1 heterocycles. The maximum Gasteiger partial charge on any atom is 0.242 e. The van der Waals surface area contributed by atoms with Crippen molar-refractivity contribution in [2.45, 2.75) is 46.1 Å². The zero-order chi connectivity index (χ0) is 13.2. The molecule has 1 aromatic heterocycles. The Kier molecular flexibility index (Phi) is 3.59. The lowest BCUT2D eigenvalue weighted by Gasteiger charge is -2.19. The Morgan fingerprint density at radius 2 is 2.28 bits per heavy atom. The first-order valence-corrected chi connectivity index (χ1v) is 6.51. The zero-order valence-electron chi connectivity index (χ0n) is 11.4. The third kappa shape index (κ3) is 2.83. The van der Waals surface area contributed by atoms with Crippen molar-refractivity contribution >= 4 is 11.5 Å². The minimum Gasteiger partial charge on any atom is -0.476 e. The molecule has 0 saturated heterocycles. The van der Waals surface area contributed by atoms with Crippen LogP contribution in [0.2, 0.25) is 0 Å². The lowest BCUT2D eigenvalue weighted by molar-refractivity contribution is 0.328. The van der Waals surface area contributed by atoms with E-state index >= 15 is 0 Å². The Labute approximate surface area is 108 Å². The second kappa shape index (κ2) is 5.00. The van der Waals surface area contributed by atoms with Crippen molar-refractivity contribution < 1.29 is 4.74 Å². The molecular formula is C13H22N4O. The highest BCUT2D eigenvalue weighted by Crippen LogP contribution is 2.39. The third-order valence-corrected chi connectivity index (χ3v) is 3.44. The van der Waals surface area contributed by atoms with Crippen LogP contribution in [0.4, 0.5) is 11.5 Å². The van der Waals surface area contributed by atoms with Gasteiger partial charge >= 0.3 is 0 Å². The van der Waals surface area contributed by atoms with Gasteiger partial charge in [0.2, 0.25) is 5.88 Å². The standard InChI is InChI=1S/C13H22N4O/c1-4-18-12-10(14)11(15-8-16-12)17-9-5-6-13(2,3)7-9/h8-9H,4-7,14H2,1-3H3,(H,15,16,17). The maximum atomic E-state index is 6.00. The van der Waals surface area contributed by atoms with E-state index in [4.69, 9.17) is 10.5 Å². The summed E-state index contributed by atoms with van der Waals surface area (Å²) in [6.45, 7) is 7.05. The highest BCUT2D eigenvalue weighted by Gasteiger charge is 2.31. The van der Waals surface area contributed by atoms with Crippen LogP contribution in [0.3, 0.4) is 0 Å². The SMILES string of the molecule is CCOc1ncnc(NC2CCC(C)(C)C2)c1N. The van der Waals surface area contributed by atoms with Gasteiger partial charge < -0.3 is 15.8 Å². The molecular weight excluding hydrogens is 228 g/mol. The van der Waals surface area contributed by atoms with Gasteiger partial charge in [0, 0.05) is 6.04 Å². The Balaban J connectivity index is 2.08. The van der Waals surface area contributed by atoms with E-state index in [2.05, 4.69) is 29.1 Å². The quantitative estimate of drug-likeness (QED) is 0.858. The molecule has 5 nitrogen and oxygen atoms in total. The van der Waals surface area contributed by atoms with E-state index in [-0.39, 0.29) is 0 Å². The van der Waals surface area contributed by atoms with Gasteiger partial charge in [-0.1, -0.05) is 13.8 Å². The second-order valence-corrected chi connectivity index (χ2v) is 5.62. The number of hydrogen-bond acceptors (Lipinski definition) is 5. The zero-order valence-corrected chi connectivity index (χ0v) is 11.4. The van der Waals surface area contributed by atoms with Crippen molar-refractivity contribution in [1.29, 1.82) is 0 Å². The van der Waals surface area contributed by atoms with E-state index in [9.17, 15) is 0 Å². The lowest BCUT2D eigenvalue weighted by Crippen LogP contribution is -2.19. The number of nitrogens with one attached hydrogen (secondary N) is 1. The van der Waals surface area contributed by atoms with Gasteiger partial charge in [0.05, 0.1) is 6.61 Å². The highest BCUT2D eigenvalue weighted by atomic mass is 16.5. The van der Waals surface area contributed by atoms with Crippen molar-refractivity contribution in [3.05, 3.63) is 6.33 Å². The van der Waals surface area contributed by atoms with Crippen molar-refractivity contribution in [2.75, 3.05) is 17.7 Å². The molecule has 1 saturated carbocycles. The summed E-state index contributed by atoms with van der Waals surface area (Å²) < 4.78 is 5.37. The van der Waals surface area contributed by atoms with E-state index < -0.39 is 0 Å². The van der Waals surface area contributed by atoms with Gasteiger partial charge in [0.1, 0.15) is 12.0 Å². The van der Waals surface area contributed by atoms with E-state index in [1.54, 1.807) is 0 Å². The third-order valence-electron chi connectivity index (χ3n) is 3.44.